The van der Waals surface area contributed by atoms with Crippen molar-refractivity contribution in [3.05, 3.63) is 162 Å². The van der Waals surface area contributed by atoms with Crippen LogP contribution in [-0.4, -0.2) is 15.0 Å². The zero-order valence-electron chi connectivity index (χ0n) is 40.6. The summed E-state index contributed by atoms with van der Waals surface area (Å²) in [6.45, 7) is 8.94. The Morgan fingerprint density at radius 1 is 0.679 bits per heavy atom. The summed E-state index contributed by atoms with van der Waals surface area (Å²) < 4.78 is 71.1. The van der Waals surface area contributed by atoms with E-state index in [9.17, 15) is 0 Å². The van der Waals surface area contributed by atoms with E-state index in [1.165, 1.54) is 6.20 Å². The molecule has 0 unspecified atom stereocenters. The van der Waals surface area contributed by atoms with Gasteiger partial charge in [-0.05, 0) is 87.8 Å². The van der Waals surface area contributed by atoms with Gasteiger partial charge in [0, 0.05) is 54.4 Å². The number of hydrogen-bond donors (Lipinski definition) is 0. The number of hydrogen-bond acceptors (Lipinski definition) is 4. The Bertz CT molecular complexity index is 2870. The van der Waals surface area contributed by atoms with Crippen LogP contribution in [0.2, 0.25) is 0 Å². The zero-order chi connectivity index (χ0) is 45.7. The molecule has 285 valence electrons. The predicted octanol–water partition coefficient (Wildman–Crippen LogP) is 13.9. The maximum Gasteiger partial charge on any atom is 0.216 e. The van der Waals surface area contributed by atoms with Crippen LogP contribution >= 0.6 is 0 Å². The molecule has 0 atom stereocenters. The number of pyridine rings is 3. The number of rotatable bonds is 6. The Morgan fingerprint density at radius 2 is 1.39 bits per heavy atom. The van der Waals surface area contributed by atoms with Gasteiger partial charge in [-0.2, -0.15) is 0 Å². The monoisotopic (exact) mass is 920 g/mol. The van der Waals surface area contributed by atoms with Gasteiger partial charge < -0.3 is 14.4 Å². The molecule has 4 heterocycles. The summed E-state index contributed by atoms with van der Waals surface area (Å²) in [6.07, 6.45) is 3.04. The van der Waals surface area contributed by atoms with Gasteiger partial charge in [0.25, 0.3) is 0 Å². The standard InChI is InChI=1S/C39H39N2O.C12H10N.Ir/c1-23(2)31-20-27(26-13-10-9-11-14-26)21-32(24(3)4)36(31)34-18-17-29-28-15-12-16-30(37(28)42-38(29)41-34)35-19-25(5)33(22-40-35)39(6,7)8;1-10-7-8-12(13-9-10)11-5-3-2-4-6-11;/h9-15,17-24H,1-8H3;2-5,7-9H,1H3;/q2*-1;/i5D3,23D,24D;1D3;. The van der Waals surface area contributed by atoms with Crippen molar-refractivity contribution in [1.29, 1.82) is 0 Å². The van der Waals surface area contributed by atoms with E-state index in [0.29, 0.717) is 33.8 Å². The molecule has 0 aliphatic carbocycles. The van der Waals surface area contributed by atoms with Crippen LogP contribution in [0.5, 0.6) is 0 Å². The van der Waals surface area contributed by atoms with Crippen LogP contribution in [0.1, 0.15) is 99.0 Å². The summed E-state index contributed by atoms with van der Waals surface area (Å²) in [5.41, 5.74) is 9.18. The van der Waals surface area contributed by atoms with Gasteiger partial charge in [-0.15, -0.1) is 54.1 Å². The molecule has 8 aromatic rings. The molecular weight excluding hydrogens is 863 g/mol. The van der Waals surface area contributed by atoms with Gasteiger partial charge in [0.05, 0.1) is 11.3 Å². The molecule has 5 heteroatoms. The molecule has 0 saturated carbocycles. The molecule has 0 aliphatic rings. The van der Waals surface area contributed by atoms with Crippen LogP contribution in [0, 0.1) is 25.8 Å². The fourth-order valence-electron chi connectivity index (χ4n) is 6.75. The van der Waals surface area contributed by atoms with Crippen molar-refractivity contribution in [2.75, 3.05) is 0 Å². The number of aryl methyl sites for hydroxylation is 2. The van der Waals surface area contributed by atoms with Gasteiger partial charge in [-0.25, -0.2) is 4.98 Å². The Balaban J connectivity index is 0.000000336. The van der Waals surface area contributed by atoms with E-state index in [-0.39, 0.29) is 31.2 Å². The average Bonchev–Trinajstić information content (AvgIpc) is 3.60. The second-order valence-corrected chi connectivity index (χ2v) is 15.1. The molecule has 0 bridgehead atoms. The van der Waals surface area contributed by atoms with Gasteiger partial charge >= 0.3 is 0 Å². The minimum Gasteiger partial charge on any atom is -0.486 e. The molecule has 56 heavy (non-hydrogen) atoms. The number of aromatic nitrogens is 3. The summed E-state index contributed by atoms with van der Waals surface area (Å²) in [4.78, 5) is 13.8. The number of benzene rings is 4. The van der Waals surface area contributed by atoms with E-state index in [1.807, 2.05) is 127 Å². The predicted molar refractivity (Wildman–Crippen MR) is 229 cm³/mol. The quantitative estimate of drug-likeness (QED) is 0.156. The Morgan fingerprint density at radius 3 is 2.02 bits per heavy atom. The molecule has 0 N–H and O–H groups in total. The summed E-state index contributed by atoms with van der Waals surface area (Å²) in [7, 11) is 0. The van der Waals surface area contributed by atoms with Crippen molar-refractivity contribution < 1.29 is 35.5 Å². The molecule has 0 saturated heterocycles. The number of nitrogens with zero attached hydrogens (tertiary/aromatic N) is 3. The second kappa shape index (κ2) is 16.9. The maximum absolute atomic E-state index is 9.15. The van der Waals surface area contributed by atoms with E-state index in [4.69, 9.17) is 20.4 Å². The van der Waals surface area contributed by atoms with Crippen LogP contribution in [0.25, 0.3) is 67.0 Å². The average molecular weight is 920 g/mol. The molecular formula is C51H49IrN3O-2. The molecule has 0 fully saturated rings. The first-order chi connectivity index (χ1) is 29.4. The Labute approximate surface area is 357 Å². The zero-order valence-corrected chi connectivity index (χ0v) is 35.0. The summed E-state index contributed by atoms with van der Waals surface area (Å²) in [5, 5.41) is 1.60. The molecule has 4 aromatic carbocycles. The minimum atomic E-state index is -2.32. The van der Waals surface area contributed by atoms with Crippen molar-refractivity contribution in [3.63, 3.8) is 0 Å². The fourth-order valence-corrected chi connectivity index (χ4v) is 6.75. The third-order valence-corrected chi connectivity index (χ3v) is 9.59. The van der Waals surface area contributed by atoms with Crippen LogP contribution in [0.3, 0.4) is 0 Å². The fraction of sp³-hybridized carbons (Fsp3) is 0.235. The maximum atomic E-state index is 9.15. The molecule has 4 nitrogen and oxygen atoms in total. The first kappa shape index (κ1) is 30.9. The van der Waals surface area contributed by atoms with Gasteiger partial charge in [0.2, 0.25) is 5.71 Å². The summed E-state index contributed by atoms with van der Waals surface area (Å²) in [5.74, 6) is -1.98. The van der Waals surface area contributed by atoms with Crippen LogP contribution < -0.4 is 0 Å². The molecule has 4 aromatic heterocycles. The Hall–Kier alpha value is -5.22. The SMILES string of the molecule is [2H]C([2H])([2H])c1cc(-c2[c-]ccc3c2oc2nc(-c4c(C([2H])(C)C)cc(-c5ccccc5)cc4C([2H])(C)C)ccc23)ncc1C(C)(C)C.[2H]C([2H])([2H])c1ccc(-c2[c-]cccc2)nc1.[Ir]. The van der Waals surface area contributed by atoms with Crippen molar-refractivity contribution in [2.24, 2.45) is 0 Å². The van der Waals surface area contributed by atoms with Crippen molar-refractivity contribution in [3.8, 4) is 44.9 Å². The van der Waals surface area contributed by atoms with Gasteiger partial charge in [-0.3, -0.25) is 0 Å². The minimum absolute atomic E-state index is 0. The molecule has 1 radical (unpaired) electrons. The van der Waals surface area contributed by atoms with E-state index in [1.54, 1.807) is 36.5 Å². The summed E-state index contributed by atoms with van der Waals surface area (Å²) >= 11 is 0. The largest absolute Gasteiger partial charge is 0.486 e. The van der Waals surface area contributed by atoms with Crippen LogP contribution in [0.15, 0.2) is 126 Å². The molecule has 0 aliphatic heterocycles. The van der Waals surface area contributed by atoms with Gasteiger partial charge in [0.15, 0.2) is 0 Å². The van der Waals surface area contributed by atoms with E-state index in [0.717, 1.165) is 49.8 Å². The van der Waals surface area contributed by atoms with Crippen molar-refractivity contribution in [1.82, 2.24) is 15.0 Å². The third kappa shape index (κ3) is 8.45. The third-order valence-electron chi connectivity index (χ3n) is 9.59. The number of fused-ring (bicyclic) bond motifs is 3. The van der Waals surface area contributed by atoms with E-state index < -0.39 is 30.9 Å². The van der Waals surface area contributed by atoms with Crippen molar-refractivity contribution in [2.45, 2.75) is 79.4 Å². The molecule has 0 spiro atoms. The van der Waals surface area contributed by atoms with E-state index in [2.05, 4.69) is 22.1 Å². The van der Waals surface area contributed by atoms with E-state index >= 15 is 0 Å². The first-order valence-corrected chi connectivity index (χ1v) is 18.3. The normalized spacial score (nSPS) is 14.4. The molecule has 0 amide bonds. The Kier molecular flexibility index (Phi) is 9.32. The second-order valence-electron chi connectivity index (χ2n) is 15.1. The van der Waals surface area contributed by atoms with Crippen molar-refractivity contribution >= 4 is 22.1 Å². The smallest absolute Gasteiger partial charge is 0.216 e. The summed E-state index contributed by atoms with van der Waals surface area (Å²) in [6, 6.07) is 40.3. The van der Waals surface area contributed by atoms with Crippen LogP contribution in [0.4, 0.5) is 0 Å². The van der Waals surface area contributed by atoms with Gasteiger partial charge in [-0.1, -0.05) is 126 Å². The van der Waals surface area contributed by atoms with Gasteiger partial charge in [0.1, 0.15) is 0 Å². The molecule has 8 rings (SSSR count). The topological polar surface area (TPSA) is 51.8 Å². The number of furan rings is 1. The first-order valence-electron chi connectivity index (χ1n) is 22.3. The van der Waals surface area contributed by atoms with Crippen LogP contribution in [-0.2, 0) is 25.5 Å².